The first-order valence-corrected chi connectivity index (χ1v) is 4.70. The van der Waals surface area contributed by atoms with E-state index in [0.29, 0.717) is 0 Å². The number of hydrogen-bond donors (Lipinski definition) is 1. The average Bonchev–Trinajstić information content (AvgIpc) is 2.51. The molecule has 0 heterocycles. The molecule has 1 unspecified atom stereocenters. The maximum atomic E-state index is 11.1. The summed E-state index contributed by atoms with van der Waals surface area (Å²) >= 11 is 0. The lowest BCUT2D eigenvalue weighted by atomic mass is 9.92. The molecule has 0 radical (unpaired) electrons. The van der Waals surface area contributed by atoms with Crippen molar-refractivity contribution in [2.45, 2.75) is 26.7 Å². The van der Waals surface area contributed by atoms with Crippen molar-refractivity contribution in [1.82, 2.24) is 4.90 Å². The van der Waals surface area contributed by atoms with Gasteiger partial charge in [-0.15, -0.1) is 0 Å². The van der Waals surface area contributed by atoms with Gasteiger partial charge in [0, 0.05) is 0 Å². The molecule has 0 aromatic heterocycles. The molecular weight excluding hydrogens is 166 g/mol. The third kappa shape index (κ3) is 1.70. The van der Waals surface area contributed by atoms with Crippen LogP contribution in [0.5, 0.6) is 0 Å². The molecular formula is C10H19NO2. The van der Waals surface area contributed by atoms with E-state index in [4.69, 9.17) is 5.11 Å². The van der Waals surface area contributed by atoms with Crippen LogP contribution >= 0.6 is 0 Å². The highest BCUT2D eigenvalue weighted by Gasteiger charge is 2.65. The van der Waals surface area contributed by atoms with E-state index in [0.717, 1.165) is 19.4 Å². The Balaban J connectivity index is 2.58. The molecule has 3 heteroatoms. The lowest BCUT2D eigenvalue weighted by Gasteiger charge is -2.18. The van der Waals surface area contributed by atoms with Crippen LogP contribution in [0.3, 0.4) is 0 Å². The van der Waals surface area contributed by atoms with Gasteiger partial charge in [0.1, 0.15) is 0 Å². The Morgan fingerprint density at radius 1 is 1.46 bits per heavy atom. The predicted octanol–water partition coefficient (Wildman–Crippen LogP) is 1.44. The van der Waals surface area contributed by atoms with E-state index in [9.17, 15) is 4.79 Å². The van der Waals surface area contributed by atoms with Crippen molar-refractivity contribution >= 4 is 5.97 Å². The van der Waals surface area contributed by atoms with E-state index in [1.54, 1.807) is 0 Å². The molecule has 1 aliphatic carbocycles. The van der Waals surface area contributed by atoms with Gasteiger partial charge < -0.3 is 10.0 Å². The smallest absolute Gasteiger partial charge is 0.310 e. The monoisotopic (exact) mass is 185 g/mol. The fraction of sp³-hybridized carbons (Fsp3) is 0.900. The van der Waals surface area contributed by atoms with Gasteiger partial charge in [0.15, 0.2) is 0 Å². The fourth-order valence-electron chi connectivity index (χ4n) is 2.02. The van der Waals surface area contributed by atoms with Crippen LogP contribution in [0.1, 0.15) is 26.7 Å². The first-order valence-electron chi connectivity index (χ1n) is 4.70. The summed E-state index contributed by atoms with van der Waals surface area (Å²) in [5.74, 6) is -0.626. The molecule has 13 heavy (non-hydrogen) atoms. The highest BCUT2D eigenvalue weighted by atomic mass is 16.4. The molecule has 0 aromatic rings. The molecule has 0 amide bonds. The Kier molecular flexibility index (Phi) is 2.41. The Morgan fingerprint density at radius 3 is 2.15 bits per heavy atom. The highest BCUT2D eigenvalue weighted by molar-refractivity contribution is 5.79. The minimum absolute atomic E-state index is 0.00512. The van der Waals surface area contributed by atoms with Crippen LogP contribution in [0, 0.1) is 10.8 Å². The summed E-state index contributed by atoms with van der Waals surface area (Å²) in [6, 6.07) is 0. The SMILES string of the molecule is CN(C)CCC1(C(=O)O)CC1(C)C. The number of carboxylic acid groups (broad SMARTS) is 1. The molecule has 76 valence electrons. The lowest BCUT2D eigenvalue weighted by molar-refractivity contribution is -0.145. The van der Waals surface area contributed by atoms with Gasteiger partial charge in [-0.25, -0.2) is 0 Å². The van der Waals surface area contributed by atoms with Gasteiger partial charge in [0.2, 0.25) is 0 Å². The maximum Gasteiger partial charge on any atom is 0.310 e. The molecule has 1 atom stereocenters. The van der Waals surface area contributed by atoms with Crippen LogP contribution in [-0.2, 0) is 4.79 Å². The topological polar surface area (TPSA) is 40.5 Å². The summed E-state index contributed by atoms with van der Waals surface area (Å²) in [7, 11) is 3.95. The number of nitrogens with zero attached hydrogens (tertiary/aromatic N) is 1. The summed E-state index contributed by atoms with van der Waals surface area (Å²) in [4.78, 5) is 13.1. The lowest BCUT2D eigenvalue weighted by Crippen LogP contribution is -2.26. The second-order valence-electron chi connectivity index (χ2n) is 5.00. The van der Waals surface area contributed by atoms with Crippen molar-refractivity contribution < 1.29 is 9.90 Å². The molecule has 1 rings (SSSR count). The van der Waals surface area contributed by atoms with Gasteiger partial charge in [0.25, 0.3) is 0 Å². The summed E-state index contributed by atoms with van der Waals surface area (Å²) in [5.41, 5.74) is -0.452. The normalized spacial score (nSPS) is 30.5. The van der Waals surface area contributed by atoms with Crippen LogP contribution in [0.2, 0.25) is 0 Å². The summed E-state index contributed by atoms with van der Waals surface area (Å²) in [5, 5.41) is 9.13. The quantitative estimate of drug-likeness (QED) is 0.720. The second kappa shape index (κ2) is 2.98. The minimum atomic E-state index is -0.626. The van der Waals surface area contributed by atoms with E-state index < -0.39 is 11.4 Å². The number of carboxylic acids is 1. The molecule has 1 saturated carbocycles. The molecule has 0 bridgehead atoms. The van der Waals surface area contributed by atoms with Crippen molar-refractivity contribution in [3.63, 3.8) is 0 Å². The van der Waals surface area contributed by atoms with Gasteiger partial charge in [0.05, 0.1) is 5.41 Å². The Bertz CT molecular complexity index is 223. The zero-order chi connectivity index (χ0) is 10.3. The standard InChI is InChI=1S/C10H19NO2/c1-9(2)7-10(9,8(12)13)5-6-11(3)4/h5-7H2,1-4H3,(H,12,13). The van der Waals surface area contributed by atoms with Crippen LogP contribution in [-0.4, -0.2) is 36.6 Å². The molecule has 0 aliphatic heterocycles. The third-order valence-corrected chi connectivity index (χ3v) is 3.31. The van der Waals surface area contributed by atoms with Gasteiger partial charge in [-0.05, 0) is 38.9 Å². The fourth-order valence-corrected chi connectivity index (χ4v) is 2.02. The number of hydrogen-bond acceptors (Lipinski definition) is 2. The van der Waals surface area contributed by atoms with Crippen LogP contribution < -0.4 is 0 Å². The molecule has 3 nitrogen and oxygen atoms in total. The Labute approximate surface area is 79.7 Å². The molecule has 0 aromatic carbocycles. The summed E-state index contributed by atoms with van der Waals surface area (Å²) < 4.78 is 0. The van der Waals surface area contributed by atoms with Gasteiger partial charge >= 0.3 is 5.97 Å². The maximum absolute atomic E-state index is 11.1. The average molecular weight is 185 g/mol. The third-order valence-electron chi connectivity index (χ3n) is 3.31. The second-order valence-corrected chi connectivity index (χ2v) is 5.00. The summed E-state index contributed by atoms with van der Waals surface area (Å²) in [6.45, 7) is 4.93. The number of rotatable bonds is 4. The van der Waals surface area contributed by atoms with Crippen molar-refractivity contribution in [3.05, 3.63) is 0 Å². The highest BCUT2D eigenvalue weighted by Crippen LogP contribution is 2.65. The zero-order valence-corrected chi connectivity index (χ0v) is 8.92. The van der Waals surface area contributed by atoms with E-state index in [-0.39, 0.29) is 5.41 Å². The van der Waals surface area contributed by atoms with Crippen molar-refractivity contribution in [2.24, 2.45) is 10.8 Å². The van der Waals surface area contributed by atoms with Crippen LogP contribution in [0.15, 0.2) is 0 Å². The van der Waals surface area contributed by atoms with Crippen LogP contribution in [0.25, 0.3) is 0 Å². The number of carbonyl (C=O) groups is 1. The van der Waals surface area contributed by atoms with Crippen molar-refractivity contribution in [2.75, 3.05) is 20.6 Å². The van der Waals surface area contributed by atoms with Gasteiger partial charge in [-0.3, -0.25) is 4.79 Å². The zero-order valence-electron chi connectivity index (χ0n) is 8.92. The van der Waals surface area contributed by atoms with Crippen molar-refractivity contribution in [1.29, 1.82) is 0 Å². The summed E-state index contributed by atoms with van der Waals surface area (Å²) in [6.07, 6.45) is 1.59. The van der Waals surface area contributed by atoms with Crippen LogP contribution in [0.4, 0.5) is 0 Å². The number of aliphatic carboxylic acids is 1. The Hall–Kier alpha value is -0.570. The first kappa shape index (κ1) is 10.5. The molecule has 1 aliphatic rings. The van der Waals surface area contributed by atoms with Gasteiger partial charge in [-0.2, -0.15) is 0 Å². The predicted molar refractivity (Wildman–Crippen MR) is 51.6 cm³/mol. The van der Waals surface area contributed by atoms with E-state index in [1.165, 1.54) is 0 Å². The minimum Gasteiger partial charge on any atom is -0.481 e. The van der Waals surface area contributed by atoms with Crippen molar-refractivity contribution in [3.8, 4) is 0 Å². The van der Waals surface area contributed by atoms with Gasteiger partial charge in [-0.1, -0.05) is 13.8 Å². The van der Waals surface area contributed by atoms with E-state index in [1.807, 2.05) is 32.8 Å². The molecule has 1 N–H and O–H groups in total. The van der Waals surface area contributed by atoms with E-state index in [2.05, 4.69) is 0 Å². The largest absolute Gasteiger partial charge is 0.481 e. The molecule has 0 saturated heterocycles. The molecule has 1 fully saturated rings. The molecule has 0 spiro atoms. The first-order chi connectivity index (χ1) is 5.82. The Morgan fingerprint density at radius 2 is 1.92 bits per heavy atom. The van der Waals surface area contributed by atoms with E-state index >= 15 is 0 Å².